The van der Waals surface area contributed by atoms with Crippen molar-refractivity contribution in [2.75, 3.05) is 25.1 Å². The summed E-state index contributed by atoms with van der Waals surface area (Å²) in [5, 5.41) is 6.84. The molecule has 1 aliphatic heterocycles. The third kappa shape index (κ3) is 4.10. The van der Waals surface area contributed by atoms with Crippen LogP contribution in [0.3, 0.4) is 0 Å². The van der Waals surface area contributed by atoms with E-state index in [-0.39, 0.29) is 12.5 Å². The smallest absolute Gasteiger partial charge is 0.246 e. The first-order valence-electron chi connectivity index (χ1n) is 9.85. The highest BCUT2D eigenvalue weighted by molar-refractivity contribution is 5.86. The summed E-state index contributed by atoms with van der Waals surface area (Å²) in [5.41, 5.74) is 0.437. The summed E-state index contributed by atoms with van der Waals surface area (Å²) in [4.78, 5) is 28.0. The minimum atomic E-state index is -0.600. The number of anilines is 1. The van der Waals surface area contributed by atoms with E-state index >= 15 is 0 Å². The predicted molar refractivity (Wildman–Crippen MR) is 109 cm³/mol. The van der Waals surface area contributed by atoms with Gasteiger partial charge in [-0.3, -0.25) is 9.78 Å². The van der Waals surface area contributed by atoms with Crippen molar-refractivity contribution < 1.29 is 14.1 Å². The van der Waals surface area contributed by atoms with Crippen molar-refractivity contribution in [3.63, 3.8) is 0 Å². The Morgan fingerprint density at radius 2 is 2.20 bits per heavy atom. The van der Waals surface area contributed by atoms with Gasteiger partial charge in [0.1, 0.15) is 11.6 Å². The molecule has 156 valence electrons. The van der Waals surface area contributed by atoms with Crippen LogP contribution >= 0.6 is 0 Å². The number of aromatic nitrogens is 4. The Hall–Kier alpha value is -3.49. The van der Waals surface area contributed by atoms with Gasteiger partial charge in [0.25, 0.3) is 0 Å². The molecule has 0 aliphatic carbocycles. The minimum Gasteiger partial charge on any atom is -0.497 e. The van der Waals surface area contributed by atoms with Crippen molar-refractivity contribution in [1.82, 2.24) is 25.4 Å². The summed E-state index contributed by atoms with van der Waals surface area (Å²) in [7, 11) is 1.63. The van der Waals surface area contributed by atoms with Crippen LogP contribution in [0.4, 0.5) is 5.82 Å². The second kappa shape index (κ2) is 8.48. The summed E-state index contributed by atoms with van der Waals surface area (Å²) in [5.74, 6) is 2.51. The summed E-state index contributed by atoms with van der Waals surface area (Å²) in [6.07, 6.45) is 6.26. The second-order valence-corrected chi connectivity index (χ2v) is 7.37. The molecule has 3 heterocycles. The first kappa shape index (κ1) is 19.8. The fourth-order valence-electron chi connectivity index (χ4n) is 3.66. The lowest BCUT2D eigenvalue weighted by molar-refractivity contribution is -0.133. The van der Waals surface area contributed by atoms with Crippen LogP contribution in [0, 0.1) is 5.41 Å². The monoisotopic (exact) mass is 408 g/mol. The van der Waals surface area contributed by atoms with Gasteiger partial charge in [-0.25, -0.2) is 4.98 Å². The lowest BCUT2D eigenvalue weighted by atomic mass is 9.73. The highest BCUT2D eigenvalue weighted by Gasteiger charge is 2.49. The molecule has 2 aromatic heterocycles. The molecule has 0 saturated carbocycles. The van der Waals surface area contributed by atoms with Gasteiger partial charge >= 0.3 is 0 Å². The first-order chi connectivity index (χ1) is 14.6. The third-order valence-electron chi connectivity index (χ3n) is 5.25. The number of aryl methyl sites for hydroxylation is 1. The van der Waals surface area contributed by atoms with Gasteiger partial charge in [-0.2, -0.15) is 4.98 Å². The number of ether oxygens (including phenoxy) is 1. The van der Waals surface area contributed by atoms with Crippen LogP contribution in [0.2, 0.25) is 0 Å². The van der Waals surface area contributed by atoms with Crippen molar-refractivity contribution >= 4 is 11.7 Å². The summed E-state index contributed by atoms with van der Waals surface area (Å²) in [6, 6.07) is 7.80. The van der Waals surface area contributed by atoms with Gasteiger partial charge in [-0.15, -0.1) is 0 Å². The maximum atomic E-state index is 13.2. The molecule has 1 N–H and O–H groups in total. The Morgan fingerprint density at radius 1 is 1.33 bits per heavy atom. The molecule has 0 radical (unpaired) electrons. The number of rotatable bonds is 8. The SMILES string of the molecule is CCc1noc(CNC(=O)C2(Cc3cccc(OC)c3)CN(c3cnccn3)C2)n1. The summed E-state index contributed by atoms with van der Waals surface area (Å²) in [6.45, 7) is 3.24. The van der Waals surface area contributed by atoms with E-state index in [1.165, 1.54) is 0 Å². The number of hydrogen-bond acceptors (Lipinski definition) is 8. The van der Waals surface area contributed by atoms with E-state index in [0.29, 0.717) is 37.6 Å². The molecule has 9 nitrogen and oxygen atoms in total. The molecular formula is C21H24N6O3. The highest BCUT2D eigenvalue weighted by Crippen LogP contribution is 2.37. The third-order valence-corrected chi connectivity index (χ3v) is 5.25. The normalized spacial score (nSPS) is 14.8. The molecule has 9 heteroatoms. The van der Waals surface area contributed by atoms with E-state index in [0.717, 1.165) is 17.1 Å². The largest absolute Gasteiger partial charge is 0.497 e. The molecule has 0 bridgehead atoms. The number of hydrogen-bond donors (Lipinski definition) is 1. The van der Waals surface area contributed by atoms with Crippen LogP contribution < -0.4 is 15.0 Å². The van der Waals surface area contributed by atoms with E-state index in [1.807, 2.05) is 31.2 Å². The zero-order valence-electron chi connectivity index (χ0n) is 17.0. The number of carbonyl (C=O) groups is 1. The van der Waals surface area contributed by atoms with Crippen LogP contribution in [0.5, 0.6) is 5.75 Å². The van der Waals surface area contributed by atoms with Gasteiger partial charge in [0, 0.05) is 31.9 Å². The Kier molecular flexibility index (Phi) is 5.60. The molecule has 3 aromatic rings. The van der Waals surface area contributed by atoms with Gasteiger partial charge < -0.3 is 19.5 Å². The van der Waals surface area contributed by atoms with Crippen LogP contribution in [-0.4, -0.2) is 46.2 Å². The van der Waals surface area contributed by atoms with Gasteiger partial charge in [0.2, 0.25) is 11.8 Å². The van der Waals surface area contributed by atoms with Gasteiger partial charge in [0.05, 0.1) is 25.3 Å². The zero-order chi connectivity index (χ0) is 21.0. The first-order valence-corrected chi connectivity index (χ1v) is 9.85. The summed E-state index contributed by atoms with van der Waals surface area (Å²) >= 11 is 0. The van der Waals surface area contributed by atoms with E-state index in [1.54, 1.807) is 25.7 Å². The molecule has 1 aliphatic rings. The minimum absolute atomic E-state index is 0.0540. The fraction of sp³-hybridized carbons (Fsp3) is 0.381. The Labute approximate surface area is 174 Å². The van der Waals surface area contributed by atoms with Crippen LogP contribution in [0.1, 0.15) is 24.2 Å². The average molecular weight is 408 g/mol. The maximum absolute atomic E-state index is 13.2. The van der Waals surface area contributed by atoms with Crippen molar-refractivity contribution in [2.45, 2.75) is 26.3 Å². The summed E-state index contributed by atoms with van der Waals surface area (Å²) < 4.78 is 10.5. The topological polar surface area (TPSA) is 106 Å². The number of nitrogens with zero attached hydrogens (tertiary/aromatic N) is 5. The fourth-order valence-corrected chi connectivity index (χ4v) is 3.66. The van der Waals surface area contributed by atoms with Gasteiger partial charge in [-0.05, 0) is 24.1 Å². The van der Waals surface area contributed by atoms with E-state index in [4.69, 9.17) is 9.26 Å². The standard InChI is InChI=1S/C21H24N6O3/c1-3-17-25-19(30-26-17)12-24-20(28)21(10-15-5-4-6-16(9-15)29-2)13-27(14-21)18-11-22-7-8-23-18/h4-9,11H,3,10,12-14H2,1-2H3,(H,24,28). The van der Waals surface area contributed by atoms with Crippen molar-refractivity contribution in [3.05, 3.63) is 60.1 Å². The lowest BCUT2D eigenvalue weighted by Crippen LogP contribution is -2.64. The molecule has 0 unspecified atom stereocenters. The molecule has 0 spiro atoms. The van der Waals surface area contributed by atoms with Gasteiger partial charge in [0.15, 0.2) is 5.82 Å². The van der Waals surface area contributed by atoms with E-state index in [9.17, 15) is 4.79 Å². The Balaban J connectivity index is 1.50. The van der Waals surface area contributed by atoms with Crippen molar-refractivity contribution in [2.24, 2.45) is 5.41 Å². The molecule has 0 atom stereocenters. The second-order valence-electron chi connectivity index (χ2n) is 7.37. The van der Waals surface area contributed by atoms with Gasteiger partial charge in [-0.1, -0.05) is 24.2 Å². The Morgan fingerprint density at radius 3 is 2.90 bits per heavy atom. The van der Waals surface area contributed by atoms with E-state index in [2.05, 4.69) is 30.3 Å². The average Bonchev–Trinajstić information content (AvgIpc) is 3.23. The Bertz CT molecular complexity index is 1000. The number of amides is 1. The quantitative estimate of drug-likeness (QED) is 0.601. The van der Waals surface area contributed by atoms with Crippen molar-refractivity contribution in [3.8, 4) is 5.75 Å². The molecule has 1 fully saturated rings. The number of nitrogens with one attached hydrogen (secondary N) is 1. The number of methoxy groups -OCH3 is 1. The molecule has 1 amide bonds. The number of benzene rings is 1. The predicted octanol–water partition coefficient (Wildman–Crippen LogP) is 1.80. The van der Waals surface area contributed by atoms with E-state index < -0.39 is 5.41 Å². The van der Waals surface area contributed by atoms with Crippen LogP contribution in [0.25, 0.3) is 0 Å². The van der Waals surface area contributed by atoms with Crippen LogP contribution in [-0.2, 0) is 24.2 Å². The highest BCUT2D eigenvalue weighted by atomic mass is 16.5. The van der Waals surface area contributed by atoms with Crippen molar-refractivity contribution in [1.29, 1.82) is 0 Å². The van der Waals surface area contributed by atoms with Crippen LogP contribution in [0.15, 0.2) is 47.4 Å². The zero-order valence-corrected chi connectivity index (χ0v) is 17.0. The molecule has 30 heavy (non-hydrogen) atoms. The number of carbonyl (C=O) groups excluding carboxylic acids is 1. The molecule has 1 aromatic carbocycles. The lowest BCUT2D eigenvalue weighted by Gasteiger charge is -2.49. The molecule has 4 rings (SSSR count). The maximum Gasteiger partial charge on any atom is 0.246 e. The molecule has 1 saturated heterocycles. The molecular weight excluding hydrogens is 384 g/mol.